The third-order valence-corrected chi connectivity index (χ3v) is 6.62. The van der Waals surface area contributed by atoms with Crippen LogP contribution in [0.25, 0.3) is 0 Å². The van der Waals surface area contributed by atoms with E-state index in [0.29, 0.717) is 37.9 Å². The van der Waals surface area contributed by atoms with Gasteiger partial charge in [-0.3, -0.25) is 19.2 Å². The summed E-state index contributed by atoms with van der Waals surface area (Å²) in [6.07, 6.45) is 5.32. The van der Waals surface area contributed by atoms with Crippen LogP contribution in [0.4, 0.5) is 0 Å². The van der Waals surface area contributed by atoms with E-state index in [1.165, 1.54) is 0 Å². The number of nitrogens with zero attached hydrogens (tertiary/aromatic N) is 1. The number of hydrogen-bond acceptors (Lipinski definition) is 6. The van der Waals surface area contributed by atoms with Crippen LogP contribution in [0.2, 0.25) is 0 Å². The molecule has 1 aromatic rings. The first kappa shape index (κ1) is 23.9. The van der Waals surface area contributed by atoms with E-state index in [4.69, 9.17) is 9.47 Å². The molecule has 2 N–H and O–H groups in total. The van der Waals surface area contributed by atoms with Crippen molar-refractivity contribution < 1.29 is 28.7 Å². The minimum Gasteiger partial charge on any atom is -0.433 e. The first-order valence-corrected chi connectivity index (χ1v) is 11.8. The average molecular weight is 470 g/mol. The van der Waals surface area contributed by atoms with Crippen LogP contribution in [0, 0.1) is 6.92 Å². The molecule has 9 heteroatoms. The summed E-state index contributed by atoms with van der Waals surface area (Å²) < 4.78 is 10.6. The molecule has 34 heavy (non-hydrogen) atoms. The molecule has 3 aliphatic heterocycles. The van der Waals surface area contributed by atoms with E-state index in [9.17, 15) is 19.2 Å². The van der Waals surface area contributed by atoms with E-state index in [0.717, 1.165) is 5.56 Å². The second-order valence-corrected chi connectivity index (χ2v) is 8.91. The van der Waals surface area contributed by atoms with Gasteiger partial charge in [0.2, 0.25) is 18.1 Å². The topological polar surface area (TPSA) is 114 Å². The summed E-state index contributed by atoms with van der Waals surface area (Å²) in [5, 5.41) is 5.73. The Hall–Kier alpha value is -3.20. The molecule has 0 aromatic heterocycles. The van der Waals surface area contributed by atoms with E-state index in [-0.39, 0.29) is 30.2 Å². The maximum atomic E-state index is 13.6. The molecule has 0 bridgehead atoms. The Balaban J connectivity index is 1.49. The molecule has 5 atom stereocenters. The summed E-state index contributed by atoms with van der Waals surface area (Å²) in [6.45, 7) is 3.97. The maximum Gasteiger partial charge on any atom is 0.310 e. The highest BCUT2D eigenvalue weighted by Gasteiger charge is 2.45. The molecule has 2 saturated heterocycles. The van der Waals surface area contributed by atoms with Crippen molar-refractivity contribution in [3.63, 3.8) is 0 Å². The van der Waals surface area contributed by atoms with Gasteiger partial charge in [0, 0.05) is 18.2 Å². The summed E-state index contributed by atoms with van der Waals surface area (Å²) >= 11 is 0. The van der Waals surface area contributed by atoms with Crippen LogP contribution in [0.3, 0.4) is 0 Å². The average Bonchev–Trinajstić information content (AvgIpc) is 3.37. The third kappa shape index (κ3) is 4.99. The number of rotatable bonds is 6. The van der Waals surface area contributed by atoms with Crippen LogP contribution in [0.5, 0.6) is 0 Å². The largest absolute Gasteiger partial charge is 0.433 e. The molecule has 3 heterocycles. The van der Waals surface area contributed by atoms with Gasteiger partial charge in [0.15, 0.2) is 0 Å². The van der Waals surface area contributed by atoms with Crippen LogP contribution in [0.1, 0.15) is 54.9 Å². The smallest absolute Gasteiger partial charge is 0.310 e. The van der Waals surface area contributed by atoms with Gasteiger partial charge in [-0.2, -0.15) is 0 Å². The van der Waals surface area contributed by atoms with Gasteiger partial charge in [0.05, 0.1) is 6.42 Å². The Bertz CT molecular complexity index is 993. The standard InChI is InChI=1S/C25H31N3O6/c1-3-33-25-19(14-21(29)34-25)27-23(31)20-13-12-16-9-5-7-11-18(24(32)28(16)20)26-22(30)17-10-6-4-8-15(17)2/h4-8,10,16,18-20,25H,3,9,11-14H2,1-2H3,(H,26,30)(H,27,31)/t16-,18+,19?,20+,25?/m1/s1. The first-order chi connectivity index (χ1) is 16.4. The van der Waals surface area contributed by atoms with Gasteiger partial charge in [0.25, 0.3) is 5.91 Å². The lowest BCUT2D eigenvalue weighted by Gasteiger charge is -2.34. The van der Waals surface area contributed by atoms with Crippen molar-refractivity contribution in [2.75, 3.05) is 6.61 Å². The van der Waals surface area contributed by atoms with Crippen LogP contribution < -0.4 is 10.6 Å². The van der Waals surface area contributed by atoms with Crippen molar-refractivity contribution in [2.45, 2.75) is 76.4 Å². The molecule has 2 unspecified atom stereocenters. The van der Waals surface area contributed by atoms with Crippen molar-refractivity contribution in [3.05, 3.63) is 47.5 Å². The highest BCUT2D eigenvalue weighted by atomic mass is 16.7. The molecule has 0 aliphatic carbocycles. The zero-order chi connectivity index (χ0) is 24.2. The van der Waals surface area contributed by atoms with Gasteiger partial charge in [-0.1, -0.05) is 30.4 Å². The van der Waals surface area contributed by atoms with Crippen LogP contribution in [-0.2, 0) is 23.9 Å². The fourth-order valence-corrected chi connectivity index (χ4v) is 4.90. The van der Waals surface area contributed by atoms with E-state index in [1.807, 2.05) is 31.2 Å². The molecule has 0 saturated carbocycles. The number of esters is 1. The van der Waals surface area contributed by atoms with Crippen LogP contribution >= 0.6 is 0 Å². The first-order valence-electron chi connectivity index (χ1n) is 11.8. The number of nitrogens with one attached hydrogen (secondary N) is 2. The fourth-order valence-electron chi connectivity index (χ4n) is 4.90. The molecular formula is C25H31N3O6. The second kappa shape index (κ2) is 10.4. The number of hydrogen-bond donors (Lipinski definition) is 2. The number of carbonyl (C=O) groups is 4. The molecule has 2 fully saturated rings. The lowest BCUT2D eigenvalue weighted by molar-refractivity contribution is -0.164. The zero-order valence-electron chi connectivity index (χ0n) is 19.5. The molecule has 182 valence electrons. The predicted octanol–water partition coefficient (Wildman–Crippen LogP) is 1.60. The van der Waals surface area contributed by atoms with Gasteiger partial charge in [-0.25, -0.2) is 0 Å². The van der Waals surface area contributed by atoms with Crippen molar-refractivity contribution in [3.8, 4) is 0 Å². The molecule has 9 nitrogen and oxygen atoms in total. The number of amides is 3. The predicted molar refractivity (Wildman–Crippen MR) is 123 cm³/mol. The van der Waals surface area contributed by atoms with E-state index in [2.05, 4.69) is 10.6 Å². The van der Waals surface area contributed by atoms with Gasteiger partial charge < -0.3 is 25.0 Å². The van der Waals surface area contributed by atoms with Crippen molar-refractivity contribution >= 4 is 23.7 Å². The van der Waals surface area contributed by atoms with Crippen LogP contribution in [-0.4, -0.2) is 65.7 Å². The molecule has 3 amide bonds. The zero-order valence-corrected chi connectivity index (χ0v) is 19.5. The highest BCUT2D eigenvalue weighted by molar-refractivity contribution is 5.99. The number of fused-ring (bicyclic) bond motifs is 1. The Morgan fingerprint density at radius 2 is 1.88 bits per heavy atom. The molecule has 0 radical (unpaired) electrons. The molecule has 1 aromatic carbocycles. The molecular weight excluding hydrogens is 438 g/mol. The Morgan fingerprint density at radius 1 is 1.12 bits per heavy atom. The monoisotopic (exact) mass is 469 g/mol. The molecule has 3 aliphatic rings. The number of carbonyl (C=O) groups excluding carboxylic acids is 4. The quantitative estimate of drug-likeness (QED) is 0.483. The Labute approximate surface area is 198 Å². The highest BCUT2D eigenvalue weighted by Crippen LogP contribution is 2.30. The molecule has 0 spiro atoms. The number of cyclic esters (lactones) is 1. The van der Waals surface area contributed by atoms with Gasteiger partial charge >= 0.3 is 5.97 Å². The number of ether oxygens (including phenoxy) is 2. The van der Waals surface area contributed by atoms with Gasteiger partial charge in [-0.05, 0) is 51.2 Å². The summed E-state index contributed by atoms with van der Waals surface area (Å²) in [4.78, 5) is 53.1. The van der Waals surface area contributed by atoms with Gasteiger partial charge in [-0.15, -0.1) is 0 Å². The summed E-state index contributed by atoms with van der Waals surface area (Å²) in [7, 11) is 0. The van der Waals surface area contributed by atoms with E-state index >= 15 is 0 Å². The van der Waals surface area contributed by atoms with Gasteiger partial charge in [0.1, 0.15) is 18.1 Å². The maximum absolute atomic E-state index is 13.6. The van der Waals surface area contributed by atoms with E-state index < -0.39 is 30.4 Å². The lowest BCUT2D eigenvalue weighted by atomic mass is 10.0. The van der Waals surface area contributed by atoms with Crippen molar-refractivity contribution in [1.82, 2.24) is 15.5 Å². The lowest BCUT2D eigenvalue weighted by Crippen LogP contribution is -2.57. The van der Waals surface area contributed by atoms with Crippen LogP contribution in [0.15, 0.2) is 36.4 Å². The minimum atomic E-state index is -0.828. The number of aryl methyl sites for hydroxylation is 1. The minimum absolute atomic E-state index is 0.0261. The Morgan fingerprint density at radius 3 is 2.65 bits per heavy atom. The summed E-state index contributed by atoms with van der Waals surface area (Å²) in [6, 6.07) is 5.04. The summed E-state index contributed by atoms with van der Waals surface area (Å²) in [5.41, 5.74) is 1.34. The second-order valence-electron chi connectivity index (χ2n) is 8.91. The number of benzene rings is 1. The van der Waals surface area contributed by atoms with Crippen molar-refractivity contribution in [1.29, 1.82) is 0 Å². The SMILES string of the molecule is CCOC1OC(=O)CC1NC(=O)[C@@H]1CC[C@H]2CC=CC[C@H](NC(=O)c3ccccc3C)C(=O)N21. The van der Waals surface area contributed by atoms with Crippen molar-refractivity contribution in [2.24, 2.45) is 0 Å². The normalized spacial score (nSPS) is 28.6. The van der Waals surface area contributed by atoms with E-state index in [1.54, 1.807) is 24.0 Å². The molecule has 4 rings (SSSR count). The summed E-state index contributed by atoms with van der Waals surface area (Å²) in [5.74, 6) is -1.35. The Kier molecular flexibility index (Phi) is 7.31. The third-order valence-electron chi connectivity index (χ3n) is 6.62. The fraction of sp³-hybridized carbons (Fsp3) is 0.520.